The number of nitrogens with one attached hydrogen (secondary N) is 1. The predicted octanol–water partition coefficient (Wildman–Crippen LogP) is 5.68. The molecule has 6 nitrogen and oxygen atoms in total. The minimum Gasteiger partial charge on any atom is -0.274 e. The number of carbonyl (C=O) groups excluding carboxylic acids is 1. The lowest BCUT2D eigenvalue weighted by Crippen LogP contribution is -2.30. The summed E-state index contributed by atoms with van der Waals surface area (Å²) in [5.74, 6) is -3.21. The van der Waals surface area contributed by atoms with Gasteiger partial charge in [0.05, 0.1) is 11.4 Å². The molecule has 4 rings (SSSR count). The first-order valence-corrected chi connectivity index (χ1v) is 14.1. The first-order chi connectivity index (χ1) is 18.8. The minimum absolute atomic E-state index is 0.101. The van der Waals surface area contributed by atoms with Gasteiger partial charge < -0.3 is 0 Å². The molecule has 0 saturated heterocycles. The number of sulfonamides is 1. The summed E-state index contributed by atoms with van der Waals surface area (Å²) in [4.78, 5) is 12.0. The predicted molar refractivity (Wildman–Crippen MR) is 146 cm³/mol. The van der Waals surface area contributed by atoms with Crippen molar-refractivity contribution in [3.05, 3.63) is 125 Å². The highest BCUT2D eigenvalue weighted by molar-refractivity contribution is 7.90. The molecule has 0 fully saturated rings. The number of allylic oxidation sites excluding steroid dienone is 1. The number of rotatable bonds is 12. The molecule has 0 spiro atoms. The Kier molecular flexibility index (Phi) is 9.38. The number of hydrogen-bond donors (Lipinski definition) is 1. The summed E-state index contributed by atoms with van der Waals surface area (Å²) in [6.45, 7) is 0.592. The Morgan fingerprint density at radius 2 is 1.74 bits per heavy atom. The Hall–Kier alpha value is -4.11. The molecular formula is C30H29F2N3O3S. The number of aromatic nitrogens is 2. The van der Waals surface area contributed by atoms with E-state index in [0.717, 1.165) is 42.0 Å². The number of unbranched alkanes of at least 4 members (excludes halogenated alkanes) is 1. The van der Waals surface area contributed by atoms with Crippen molar-refractivity contribution in [3.8, 4) is 0 Å². The van der Waals surface area contributed by atoms with E-state index in [4.69, 9.17) is 0 Å². The lowest BCUT2D eigenvalue weighted by molar-refractivity contribution is -0.119. The van der Waals surface area contributed by atoms with Gasteiger partial charge in [-0.15, -0.1) is 0 Å². The Morgan fingerprint density at radius 3 is 2.49 bits per heavy atom. The van der Waals surface area contributed by atoms with Crippen molar-refractivity contribution in [2.24, 2.45) is 0 Å². The van der Waals surface area contributed by atoms with Crippen LogP contribution in [0, 0.1) is 11.6 Å². The topological polar surface area (TPSA) is 81.1 Å². The van der Waals surface area contributed by atoms with E-state index in [1.54, 1.807) is 6.20 Å². The average Bonchev–Trinajstić information content (AvgIpc) is 3.43. The molecule has 1 aromatic heterocycles. The fraction of sp³-hybridized carbons (Fsp3) is 0.200. The van der Waals surface area contributed by atoms with Crippen LogP contribution in [-0.2, 0) is 34.2 Å². The van der Waals surface area contributed by atoms with Crippen LogP contribution in [0.3, 0.4) is 0 Å². The Labute approximate surface area is 227 Å². The standard InChI is InChI=1S/C30H29F2N3O3S/c31-28-16-15-27(21-29(28)32)39(37,38)34-30(36)17-14-25-13-12-24(22-35-19-7-18-33-35)20-26(25)11-6-2-5-10-23-8-3-1-4-9-23/h1,3-4,6-9,11-13,15-16,18-21H,2,5,10,14,17,22H2,(H,34,36). The van der Waals surface area contributed by atoms with Crippen LogP contribution in [0.1, 0.15) is 41.5 Å². The van der Waals surface area contributed by atoms with Gasteiger partial charge in [-0.1, -0.05) is 54.6 Å². The minimum atomic E-state index is -4.32. The van der Waals surface area contributed by atoms with Crippen LogP contribution < -0.4 is 4.72 Å². The molecule has 0 aliphatic heterocycles. The van der Waals surface area contributed by atoms with Gasteiger partial charge in [0.2, 0.25) is 5.91 Å². The number of carbonyl (C=O) groups is 1. The zero-order valence-corrected chi connectivity index (χ0v) is 22.1. The number of halogens is 2. The van der Waals surface area contributed by atoms with Crippen LogP contribution in [0.25, 0.3) is 6.08 Å². The summed E-state index contributed by atoms with van der Waals surface area (Å²) >= 11 is 0. The van der Waals surface area contributed by atoms with E-state index in [0.29, 0.717) is 25.1 Å². The molecule has 0 aliphatic carbocycles. The van der Waals surface area contributed by atoms with Gasteiger partial charge >= 0.3 is 0 Å². The van der Waals surface area contributed by atoms with Gasteiger partial charge in [-0.2, -0.15) is 5.10 Å². The second-order valence-electron chi connectivity index (χ2n) is 9.12. The maximum Gasteiger partial charge on any atom is 0.264 e. The summed E-state index contributed by atoms with van der Waals surface area (Å²) in [5, 5.41) is 4.25. The molecule has 0 bridgehead atoms. The van der Waals surface area contributed by atoms with Gasteiger partial charge in [-0.3, -0.25) is 9.48 Å². The van der Waals surface area contributed by atoms with E-state index in [9.17, 15) is 22.0 Å². The molecule has 0 radical (unpaired) electrons. The van der Waals surface area contributed by atoms with Crippen LogP contribution >= 0.6 is 0 Å². The van der Waals surface area contributed by atoms with Gasteiger partial charge in [-0.25, -0.2) is 21.9 Å². The van der Waals surface area contributed by atoms with Crippen LogP contribution in [0.5, 0.6) is 0 Å². The summed E-state index contributed by atoms with van der Waals surface area (Å²) in [6.07, 6.45) is 10.8. The molecule has 3 aromatic carbocycles. The SMILES string of the molecule is O=C(CCc1ccc(Cn2cccn2)cc1C=CCCCc1ccccc1)NS(=O)(=O)c1ccc(F)c(F)c1. The third-order valence-corrected chi connectivity index (χ3v) is 7.53. The summed E-state index contributed by atoms with van der Waals surface area (Å²) < 4.78 is 55.3. The number of aryl methyl sites for hydroxylation is 2. The third kappa shape index (κ3) is 8.19. The van der Waals surface area contributed by atoms with Crippen molar-refractivity contribution in [2.75, 3.05) is 0 Å². The number of nitrogens with zero attached hydrogens (tertiary/aromatic N) is 2. The van der Waals surface area contributed by atoms with E-state index < -0.39 is 32.5 Å². The molecule has 9 heteroatoms. The van der Waals surface area contributed by atoms with Crippen LogP contribution in [0.4, 0.5) is 8.78 Å². The molecule has 1 N–H and O–H groups in total. The van der Waals surface area contributed by atoms with Gasteiger partial charge in [0.15, 0.2) is 11.6 Å². The highest BCUT2D eigenvalue weighted by Gasteiger charge is 2.19. The van der Waals surface area contributed by atoms with E-state index in [1.165, 1.54) is 5.56 Å². The molecule has 202 valence electrons. The third-order valence-electron chi connectivity index (χ3n) is 6.16. The van der Waals surface area contributed by atoms with Crippen molar-refractivity contribution in [1.82, 2.24) is 14.5 Å². The maximum atomic E-state index is 13.5. The summed E-state index contributed by atoms with van der Waals surface area (Å²) in [6, 6.07) is 20.2. The van der Waals surface area contributed by atoms with Crippen molar-refractivity contribution >= 4 is 22.0 Å². The van der Waals surface area contributed by atoms with Crippen molar-refractivity contribution in [2.45, 2.75) is 43.5 Å². The van der Waals surface area contributed by atoms with Crippen molar-refractivity contribution in [3.63, 3.8) is 0 Å². The normalized spacial score (nSPS) is 11.6. The zero-order chi connectivity index (χ0) is 27.7. The lowest BCUT2D eigenvalue weighted by atomic mass is 9.98. The second kappa shape index (κ2) is 13.1. The fourth-order valence-corrected chi connectivity index (χ4v) is 5.16. The second-order valence-corrected chi connectivity index (χ2v) is 10.8. The molecular weight excluding hydrogens is 520 g/mol. The van der Waals surface area contributed by atoms with E-state index in [-0.39, 0.29) is 6.42 Å². The van der Waals surface area contributed by atoms with E-state index in [2.05, 4.69) is 23.3 Å². The highest BCUT2D eigenvalue weighted by atomic mass is 32.2. The Balaban J connectivity index is 1.42. The maximum absolute atomic E-state index is 13.5. The lowest BCUT2D eigenvalue weighted by Gasteiger charge is -2.11. The molecule has 0 atom stereocenters. The van der Waals surface area contributed by atoms with Crippen molar-refractivity contribution in [1.29, 1.82) is 0 Å². The largest absolute Gasteiger partial charge is 0.274 e. The number of hydrogen-bond acceptors (Lipinski definition) is 4. The Morgan fingerprint density at radius 1 is 0.923 bits per heavy atom. The Bertz CT molecular complexity index is 1540. The molecule has 0 saturated carbocycles. The number of benzene rings is 3. The van der Waals surface area contributed by atoms with Crippen LogP contribution in [-0.4, -0.2) is 24.1 Å². The van der Waals surface area contributed by atoms with E-state index >= 15 is 0 Å². The van der Waals surface area contributed by atoms with Gasteiger partial charge in [0, 0.05) is 18.8 Å². The van der Waals surface area contributed by atoms with Crippen molar-refractivity contribution < 1.29 is 22.0 Å². The molecule has 0 unspecified atom stereocenters. The number of amides is 1. The molecule has 4 aromatic rings. The zero-order valence-electron chi connectivity index (χ0n) is 21.3. The summed E-state index contributed by atoms with van der Waals surface area (Å²) in [7, 11) is -4.32. The highest BCUT2D eigenvalue weighted by Crippen LogP contribution is 2.19. The molecule has 1 heterocycles. The first-order valence-electron chi connectivity index (χ1n) is 12.6. The monoisotopic (exact) mass is 549 g/mol. The van der Waals surface area contributed by atoms with Gasteiger partial charge in [0.1, 0.15) is 0 Å². The quantitative estimate of drug-likeness (QED) is 0.231. The molecule has 0 aliphatic rings. The van der Waals surface area contributed by atoms with Crippen LogP contribution in [0.15, 0.2) is 96.2 Å². The smallest absolute Gasteiger partial charge is 0.264 e. The van der Waals surface area contributed by atoms with E-state index in [1.807, 2.05) is 64.1 Å². The van der Waals surface area contributed by atoms with Gasteiger partial charge in [0.25, 0.3) is 10.0 Å². The first kappa shape index (κ1) is 27.9. The van der Waals surface area contributed by atoms with Crippen LogP contribution in [0.2, 0.25) is 0 Å². The molecule has 1 amide bonds. The van der Waals surface area contributed by atoms with Gasteiger partial charge in [-0.05, 0) is 78.3 Å². The molecule has 39 heavy (non-hydrogen) atoms. The fourth-order valence-electron chi connectivity index (χ4n) is 4.14. The average molecular weight is 550 g/mol. The summed E-state index contributed by atoms with van der Waals surface area (Å²) in [5.41, 5.74) is 4.16.